The first kappa shape index (κ1) is 16.9. The molecule has 25 heavy (non-hydrogen) atoms. The van der Waals surface area contributed by atoms with Crippen molar-refractivity contribution in [3.8, 4) is 0 Å². The van der Waals surface area contributed by atoms with Gasteiger partial charge in [-0.3, -0.25) is 14.4 Å². The number of nitrogens with two attached hydrogens (primary N) is 1. The lowest BCUT2D eigenvalue weighted by Crippen LogP contribution is -2.52. The molecule has 2 aliphatic rings. The van der Waals surface area contributed by atoms with E-state index in [1.165, 1.54) is 24.3 Å². The fraction of sp³-hybridized carbons (Fsp3) is 0.375. The number of aromatic carboxylic acids is 1. The molecule has 9 heteroatoms. The van der Waals surface area contributed by atoms with Gasteiger partial charge in [-0.15, -0.1) is 0 Å². The van der Waals surface area contributed by atoms with Crippen LogP contribution in [0, 0.1) is 17.8 Å². The summed E-state index contributed by atoms with van der Waals surface area (Å²) in [5, 5.41) is 30.1. The van der Waals surface area contributed by atoms with E-state index in [2.05, 4.69) is 5.32 Å². The van der Waals surface area contributed by atoms with Crippen LogP contribution in [0.1, 0.15) is 27.1 Å². The molecule has 132 valence electrons. The number of nitrogens with one attached hydrogen (secondary N) is 1. The van der Waals surface area contributed by atoms with Crippen LogP contribution < -0.4 is 11.1 Å². The minimum atomic E-state index is -1.70. The van der Waals surface area contributed by atoms with E-state index >= 15 is 0 Å². The van der Waals surface area contributed by atoms with Crippen molar-refractivity contribution in [1.82, 2.24) is 5.32 Å². The van der Waals surface area contributed by atoms with Gasteiger partial charge in [0.2, 0.25) is 0 Å². The Bertz CT molecular complexity index is 792. The van der Waals surface area contributed by atoms with Gasteiger partial charge in [-0.1, -0.05) is 6.07 Å². The Labute approximate surface area is 141 Å². The van der Waals surface area contributed by atoms with Crippen LogP contribution >= 0.6 is 0 Å². The van der Waals surface area contributed by atoms with Crippen LogP contribution in [-0.4, -0.2) is 50.7 Å². The quantitative estimate of drug-likeness (QED) is 0.480. The van der Waals surface area contributed by atoms with Crippen molar-refractivity contribution in [2.45, 2.75) is 18.0 Å². The molecule has 0 radical (unpaired) electrons. The molecule has 3 rings (SSSR count). The Hall–Kier alpha value is -2.94. The molecule has 5 atom stereocenters. The van der Waals surface area contributed by atoms with E-state index in [0.29, 0.717) is 0 Å². The smallest absolute Gasteiger partial charge is 0.335 e. The zero-order valence-corrected chi connectivity index (χ0v) is 12.9. The number of hydrogen-bond donors (Lipinski definition) is 5. The lowest BCUT2D eigenvalue weighted by Gasteiger charge is -2.25. The molecule has 0 saturated heterocycles. The summed E-state index contributed by atoms with van der Waals surface area (Å²) in [7, 11) is 0. The number of carboxylic acids is 3. The molecule has 6 N–H and O–H groups in total. The van der Waals surface area contributed by atoms with Crippen LogP contribution in [-0.2, 0) is 9.59 Å². The predicted octanol–water partition coefficient (Wildman–Crippen LogP) is -0.384. The van der Waals surface area contributed by atoms with Gasteiger partial charge in [-0.05, 0) is 30.5 Å². The monoisotopic (exact) mass is 348 g/mol. The number of rotatable bonds is 5. The number of fused-ring (bicyclic) bond motifs is 1. The van der Waals surface area contributed by atoms with Crippen LogP contribution in [0.4, 0.5) is 0 Å². The molecule has 0 aromatic heterocycles. The number of aliphatic carboxylic acids is 2. The second kappa shape index (κ2) is 5.55. The van der Waals surface area contributed by atoms with E-state index in [0.717, 1.165) is 0 Å². The number of benzene rings is 1. The van der Waals surface area contributed by atoms with Crippen molar-refractivity contribution in [1.29, 1.82) is 0 Å². The summed E-state index contributed by atoms with van der Waals surface area (Å²) in [5.74, 6) is -6.42. The van der Waals surface area contributed by atoms with Crippen molar-refractivity contribution < 1.29 is 34.5 Å². The number of hydrogen-bond acceptors (Lipinski definition) is 5. The molecule has 2 saturated carbocycles. The van der Waals surface area contributed by atoms with Gasteiger partial charge < -0.3 is 26.4 Å². The van der Waals surface area contributed by atoms with Gasteiger partial charge in [0.15, 0.2) is 0 Å². The summed E-state index contributed by atoms with van der Waals surface area (Å²) in [6, 6.07) is 4.66. The van der Waals surface area contributed by atoms with Crippen molar-refractivity contribution in [3.63, 3.8) is 0 Å². The average molecular weight is 348 g/mol. The molecule has 1 aromatic rings. The third kappa shape index (κ3) is 2.62. The van der Waals surface area contributed by atoms with Crippen LogP contribution in [0.25, 0.3) is 0 Å². The lowest BCUT2D eigenvalue weighted by molar-refractivity contribution is -0.145. The van der Waals surface area contributed by atoms with E-state index in [-0.39, 0.29) is 17.5 Å². The highest BCUT2D eigenvalue weighted by Gasteiger charge is 2.74. The Morgan fingerprint density at radius 1 is 1.12 bits per heavy atom. The molecule has 0 bridgehead atoms. The highest BCUT2D eigenvalue weighted by molar-refractivity contribution is 5.98. The minimum Gasteiger partial charge on any atom is -0.481 e. The molecule has 1 amide bonds. The van der Waals surface area contributed by atoms with Crippen LogP contribution in [0.5, 0.6) is 0 Å². The predicted molar refractivity (Wildman–Crippen MR) is 81.9 cm³/mol. The maximum absolute atomic E-state index is 12.4. The maximum atomic E-state index is 12.4. The van der Waals surface area contributed by atoms with Crippen LogP contribution in [0.15, 0.2) is 24.3 Å². The molecular formula is C16H16N2O7. The van der Waals surface area contributed by atoms with Crippen molar-refractivity contribution in [2.24, 2.45) is 23.5 Å². The zero-order valence-electron chi connectivity index (χ0n) is 12.9. The topological polar surface area (TPSA) is 167 Å². The molecular weight excluding hydrogens is 332 g/mol. The Morgan fingerprint density at radius 2 is 1.76 bits per heavy atom. The number of carbonyl (C=O) groups is 4. The van der Waals surface area contributed by atoms with Gasteiger partial charge in [0, 0.05) is 17.5 Å². The van der Waals surface area contributed by atoms with Gasteiger partial charge in [0.05, 0.1) is 11.5 Å². The molecule has 0 heterocycles. The van der Waals surface area contributed by atoms with Gasteiger partial charge in [0.1, 0.15) is 5.54 Å². The fourth-order valence-corrected chi connectivity index (χ4v) is 3.88. The first-order valence-corrected chi connectivity index (χ1v) is 7.56. The SMILES string of the molecule is NC1(C(=O)O)CC(NC(=O)c2cccc(C(=O)O)c2)C2C1[C@H]2C(=O)O. The second-order valence-electron chi connectivity index (χ2n) is 6.48. The third-order valence-corrected chi connectivity index (χ3v) is 5.06. The van der Waals surface area contributed by atoms with E-state index in [9.17, 15) is 29.4 Å². The van der Waals surface area contributed by atoms with Crippen molar-refractivity contribution in [2.75, 3.05) is 0 Å². The summed E-state index contributed by atoms with van der Waals surface area (Å²) in [6.45, 7) is 0. The van der Waals surface area contributed by atoms with E-state index in [1.807, 2.05) is 0 Å². The summed E-state index contributed by atoms with van der Waals surface area (Å²) >= 11 is 0. The van der Waals surface area contributed by atoms with Crippen molar-refractivity contribution >= 4 is 23.8 Å². The zero-order chi connectivity index (χ0) is 18.5. The normalized spacial score (nSPS) is 32.5. The van der Waals surface area contributed by atoms with Crippen LogP contribution in [0.3, 0.4) is 0 Å². The van der Waals surface area contributed by atoms with Gasteiger partial charge >= 0.3 is 17.9 Å². The number of amides is 1. The Morgan fingerprint density at radius 3 is 2.32 bits per heavy atom. The molecule has 1 aromatic carbocycles. The first-order valence-electron chi connectivity index (χ1n) is 7.56. The Kier molecular flexibility index (Phi) is 3.76. The molecule has 9 nitrogen and oxygen atoms in total. The second-order valence-corrected chi connectivity index (χ2v) is 6.48. The average Bonchev–Trinajstić information content (AvgIpc) is 3.24. The van der Waals surface area contributed by atoms with Gasteiger partial charge in [0.25, 0.3) is 5.91 Å². The maximum Gasteiger partial charge on any atom is 0.335 e. The third-order valence-electron chi connectivity index (χ3n) is 5.06. The molecule has 2 aliphatic carbocycles. The summed E-state index contributed by atoms with van der Waals surface area (Å²) in [5.41, 5.74) is 4.22. The van der Waals surface area contributed by atoms with E-state index in [1.54, 1.807) is 0 Å². The summed E-state index contributed by atoms with van der Waals surface area (Å²) < 4.78 is 0. The minimum absolute atomic E-state index is 0.0644. The molecule has 0 spiro atoms. The molecule has 0 aliphatic heterocycles. The van der Waals surface area contributed by atoms with E-state index < -0.39 is 53.1 Å². The first-order chi connectivity index (χ1) is 11.7. The summed E-state index contributed by atoms with van der Waals surface area (Å²) in [6.07, 6.45) is -0.0776. The van der Waals surface area contributed by atoms with Gasteiger partial charge in [-0.2, -0.15) is 0 Å². The summed E-state index contributed by atoms with van der Waals surface area (Å²) in [4.78, 5) is 46.1. The standard InChI is InChI=1S/C16H16N2O7/c17-16(15(24)25)5-8(9-10(11(9)16)14(22)23)18-12(19)6-2-1-3-7(4-6)13(20)21/h1-4,8-11H,5,17H2,(H,18,19)(H,20,21)(H,22,23)(H,24,25)/t8?,9?,10-,11?,16?/m0/s1. The molecule has 4 unspecified atom stereocenters. The largest absolute Gasteiger partial charge is 0.481 e. The highest BCUT2D eigenvalue weighted by Crippen LogP contribution is 2.61. The Balaban J connectivity index is 1.80. The number of carboxylic acid groups (broad SMARTS) is 3. The van der Waals surface area contributed by atoms with E-state index in [4.69, 9.17) is 10.8 Å². The number of carbonyl (C=O) groups excluding carboxylic acids is 1. The van der Waals surface area contributed by atoms with Crippen LogP contribution in [0.2, 0.25) is 0 Å². The highest BCUT2D eigenvalue weighted by atomic mass is 16.4. The van der Waals surface area contributed by atoms with Crippen molar-refractivity contribution in [3.05, 3.63) is 35.4 Å². The van der Waals surface area contributed by atoms with Gasteiger partial charge in [-0.25, -0.2) is 4.79 Å². The lowest BCUT2D eigenvalue weighted by atomic mass is 9.90. The fourth-order valence-electron chi connectivity index (χ4n) is 3.88. The molecule has 2 fully saturated rings.